The molecule has 1 saturated heterocycles. The average molecular weight is 274 g/mol. The standard InChI is InChI=1S/C15H22N4O/c1-8-9(2)18-14-11(15(16)20)3-4-12(13(8)14)19-10-5-6-17-7-10/h3,10,12,17-19H,4-7H2,1-2H3,(H2,16,20). The van der Waals surface area contributed by atoms with E-state index in [0.717, 1.165) is 37.3 Å². The van der Waals surface area contributed by atoms with Gasteiger partial charge in [0.25, 0.3) is 0 Å². The minimum Gasteiger partial charge on any atom is -0.366 e. The predicted octanol–water partition coefficient (Wildman–Crippen LogP) is 0.897. The number of hydrogen-bond donors (Lipinski definition) is 4. The van der Waals surface area contributed by atoms with Crippen molar-refractivity contribution >= 4 is 11.5 Å². The Labute approximate surface area is 119 Å². The maximum Gasteiger partial charge on any atom is 0.250 e. The van der Waals surface area contributed by atoms with E-state index >= 15 is 0 Å². The number of carbonyl (C=O) groups is 1. The van der Waals surface area contributed by atoms with E-state index in [9.17, 15) is 4.79 Å². The number of aromatic nitrogens is 1. The van der Waals surface area contributed by atoms with Crippen molar-refractivity contribution in [3.05, 3.63) is 28.6 Å². The second kappa shape index (κ2) is 5.07. The lowest BCUT2D eigenvalue weighted by atomic mass is 9.89. The second-order valence-corrected chi connectivity index (χ2v) is 5.79. The molecule has 5 N–H and O–H groups in total. The molecule has 0 bridgehead atoms. The highest BCUT2D eigenvalue weighted by Gasteiger charge is 2.30. The molecule has 3 rings (SSSR count). The molecule has 1 amide bonds. The molecule has 1 aromatic heterocycles. The van der Waals surface area contributed by atoms with E-state index < -0.39 is 0 Å². The molecule has 1 aromatic rings. The van der Waals surface area contributed by atoms with Crippen LogP contribution in [0.3, 0.4) is 0 Å². The SMILES string of the molecule is Cc1[nH]c2c(c1C)C(NC1CCNC1)CC=C2C(N)=O. The summed E-state index contributed by atoms with van der Waals surface area (Å²) in [6.45, 7) is 6.24. The summed E-state index contributed by atoms with van der Waals surface area (Å²) in [4.78, 5) is 14.9. The number of nitrogens with one attached hydrogen (secondary N) is 3. The Balaban J connectivity index is 1.94. The molecule has 108 valence electrons. The fourth-order valence-electron chi connectivity index (χ4n) is 3.30. The minimum absolute atomic E-state index is 0.267. The molecule has 5 heteroatoms. The van der Waals surface area contributed by atoms with E-state index in [-0.39, 0.29) is 11.9 Å². The number of rotatable bonds is 3. The van der Waals surface area contributed by atoms with Crippen LogP contribution in [0.5, 0.6) is 0 Å². The molecule has 0 spiro atoms. The second-order valence-electron chi connectivity index (χ2n) is 5.79. The summed E-state index contributed by atoms with van der Waals surface area (Å²) in [7, 11) is 0. The minimum atomic E-state index is -0.353. The summed E-state index contributed by atoms with van der Waals surface area (Å²) in [6, 6.07) is 0.772. The maximum absolute atomic E-state index is 11.6. The van der Waals surface area contributed by atoms with Gasteiger partial charge in [-0.25, -0.2) is 0 Å². The van der Waals surface area contributed by atoms with Gasteiger partial charge in [-0.1, -0.05) is 6.08 Å². The largest absolute Gasteiger partial charge is 0.366 e. The van der Waals surface area contributed by atoms with Gasteiger partial charge in [0.05, 0.1) is 11.3 Å². The predicted molar refractivity (Wildman–Crippen MR) is 79.2 cm³/mol. The van der Waals surface area contributed by atoms with Crippen molar-refractivity contribution in [3.8, 4) is 0 Å². The normalized spacial score (nSPS) is 25.4. The lowest BCUT2D eigenvalue weighted by Crippen LogP contribution is -2.36. The van der Waals surface area contributed by atoms with E-state index in [2.05, 4.69) is 22.5 Å². The molecular weight excluding hydrogens is 252 g/mol. The number of carbonyl (C=O) groups excluding carboxylic acids is 1. The summed E-state index contributed by atoms with van der Waals surface area (Å²) < 4.78 is 0. The molecule has 0 aromatic carbocycles. The van der Waals surface area contributed by atoms with Crippen molar-refractivity contribution < 1.29 is 4.79 Å². The van der Waals surface area contributed by atoms with Crippen molar-refractivity contribution in [1.82, 2.24) is 15.6 Å². The van der Waals surface area contributed by atoms with Gasteiger partial charge in [0.2, 0.25) is 5.91 Å². The molecule has 2 heterocycles. The van der Waals surface area contributed by atoms with E-state index in [1.165, 1.54) is 11.1 Å². The van der Waals surface area contributed by atoms with Gasteiger partial charge in [-0.3, -0.25) is 4.79 Å². The topological polar surface area (TPSA) is 82.9 Å². The van der Waals surface area contributed by atoms with Crippen LogP contribution in [-0.4, -0.2) is 30.0 Å². The Bertz CT molecular complexity index is 567. The fraction of sp³-hybridized carbons (Fsp3) is 0.533. The van der Waals surface area contributed by atoms with Gasteiger partial charge in [0.15, 0.2) is 0 Å². The van der Waals surface area contributed by atoms with Gasteiger partial charge in [-0.2, -0.15) is 0 Å². The Morgan fingerprint density at radius 3 is 2.90 bits per heavy atom. The third-order valence-electron chi connectivity index (χ3n) is 4.49. The highest BCUT2D eigenvalue weighted by Crippen LogP contribution is 2.36. The molecule has 5 nitrogen and oxygen atoms in total. The Kier molecular flexibility index (Phi) is 3.40. The van der Waals surface area contributed by atoms with Crippen molar-refractivity contribution in [1.29, 1.82) is 0 Å². The molecular formula is C15H22N4O. The smallest absolute Gasteiger partial charge is 0.250 e. The van der Waals surface area contributed by atoms with Gasteiger partial charge < -0.3 is 21.4 Å². The van der Waals surface area contributed by atoms with Crippen LogP contribution in [0.4, 0.5) is 0 Å². The first-order valence-electron chi connectivity index (χ1n) is 7.24. The maximum atomic E-state index is 11.6. The molecule has 20 heavy (non-hydrogen) atoms. The molecule has 2 unspecified atom stereocenters. The van der Waals surface area contributed by atoms with Crippen molar-refractivity contribution in [2.24, 2.45) is 5.73 Å². The van der Waals surface area contributed by atoms with Crippen LogP contribution in [0.2, 0.25) is 0 Å². The number of H-pyrrole nitrogens is 1. The Morgan fingerprint density at radius 1 is 1.45 bits per heavy atom. The molecule has 1 fully saturated rings. The van der Waals surface area contributed by atoms with Crippen LogP contribution in [0.25, 0.3) is 5.57 Å². The highest BCUT2D eigenvalue weighted by molar-refractivity contribution is 6.19. The van der Waals surface area contributed by atoms with Crippen LogP contribution in [0, 0.1) is 13.8 Å². The molecule has 2 aliphatic rings. The average Bonchev–Trinajstić information content (AvgIpc) is 2.99. The van der Waals surface area contributed by atoms with Crippen LogP contribution in [-0.2, 0) is 4.79 Å². The molecule has 0 radical (unpaired) electrons. The van der Waals surface area contributed by atoms with Gasteiger partial charge in [-0.05, 0) is 44.4 Å². The van der Waals surface area contributed by atoms with Crippen LogP contribution in [0.1, 0.15) is 41.4 Å². The van der Waals surface area contributed by atoms with Crippen molar-refractivity contribution in [2.75, 3.05) is 13.1 Å². The van der Waals surface area contributed by atoms with Crippen LogP contribution < -0.4 is 16.4 Å². The summed E-state index contributed by atoms with van der Waals surface area (Å²) in [5, 5.41) is 7.08. The summed E-state index contributed by atoms with van der Waals surface area (Å²) in [6.07, 6.45) is 3.93. The number of fused-ring (bicyclic) bond motifs is 1. The quantitative estimate of drug-likeness (QED) is 0.661. The van der Waals surface area contributed by atoms with Crippen LogP contribution >= 0.6 is 0 Å². The molecule has 0 saturated carbocycles. The number of amides is 1. The van der Waals surface area contributed by atoms with E-state index in [1.807, 2.05) is 13.0 Å². The van der Waals surface area contributed by atoms with Crippen LogP contribution in [0.15, 0.2) is 6.08 Å². The Hall–Kier alpha value is -1.59. The van der Waals surface area contributed by atoms with E-state index in [1.54, 1.807) is 0 Å². The Morgan fingerprint density at radius 2 is 2.25 bits per heavy atom. The number of hydrogen-bond acceptors (Lipinski definition) is 3. The first-order valence-corrected chi connectivity index (χ1v) is 7.24. The van der Waals surface area contributed by atoms with Gasteiger partial charge in [-0.15, -0.1) is 0 Å². The van der Waals surface area contributed by atoms with Crippen molar-refractivity contribution in [2.45, 2.75) is 38.8 Å². The number of nitrogens with two attached hydrogens (primary N) is 1. The first kappa shape index (κ1) is 13.4. The summed E-state index contributed by atoms with van der Waals surface area (Å²) in [5.41, 5.74) is 10.6. The van der Waals surface area contributed by atoms with E-state index in [0.29, 0.717) is 11.6 Å². The molecule has 1 aliphatic carbocycles. The zero-order valence-corrected chi connectivity index (χ0v) is 12.0. The molecule has 1 aliphatic heterocycles. The van der Waals surface area contributed by atoms with Crippen molar-refractivity contribution in [3.63, 3.8) is 0 Å². The monoisotopic (exact) mass is 274 g/mol. The lowest BCUT2D eigenvalue weighted by Gasteiger charge is -2.26. The third kappa shape index (κ3) is 2.17. The zero-order valence-electron chi connectivity index (χ0n) is 12.0. The van der Waals surface area contributed by atoms with E-state index in [4.69, 9.17) is 5.73 Å². The highest BCUT2D eigenvalue weighted by atomic mass is 16.1. The summed E-state index contributed by atoms with van der Waals surface area (Å²) >= 11 is 0. The fourth-order valence-corrected chi connectivity index (χ4v) is 3.30. The third-order valence-corrected chi connectivity index (χ3v) is 4.49. The summed E-state index contributed by atoms with van der Waals surface area (Å²) in [5.74, 6) is -0.353. The van der Waals surface area contributed by atoms with Gasteiger partial charge in [0.1, 0.15) is 0 Å². The van der Waals surface area contributed by atoms with Gasteiger partial charge in [0, 0.05) is 24.3 Å². The number of primary amides is 1. The number of aromatic amines is 1. The van der Waals surface area contributed by atoms with Gasteiger partial charge >= 0.3 is 0 Å². The lowest BCUT2D eigenvalue weighted by molar-refractivity contribution is -0.112. The zero-order chi connectivity index (χ0) is 14.3. The first-order chi connectivity index (χ1) is 9.58. The molecule has 2 atom stereocenters. The number of aryl methyl sites for hydroxylation is 1.